The molecule has 3 aromatic heterocycles. The van der Waals surface area contributed by atoms with Crippen LogP contribution < -0.4 is 0 Å². The molecule has 3 heterocycles. The largest absolute Gasteiger partial charge is 0.393 e. The molecule has 597 valence electrons. The van der Waals surface area contributed by atoms with Gasteiger partial charge in [-0.25, -0.2) is 0 Å². The molecule has 0 fully saturated rings. The number of aliphatic hydroxyl groups excluding tert-OH is 6. The number of nitrogens with zero attached hydrogens (tertiary/aromatic N) is 6. The molecule has 0 bridgehead atoms. The third kappa shape index (κ3) is 31.7. The van der Waals surface area contributed by atoms with E-state index in [1.54, 1.807) is 6.92 Å². The summed E-state index contributed by atoms with van der Waals surface area (Å²) in [5.41, 5.74) is 25.6. The Kier molecular flexibility index (Phi) is 42.6. The second-order valence-corrected chi connectivity index (χ2v) is 29.5. The fourth-order valence-electron chi connectivity index (χ4n) is 11.3. The maximum absolute atomic E-state index is 9.39. The minimum atomic E-state index is -0.381. The van der Waals surface area contributed by atoms with E-state index in [1.807, 2.05) is 115 Å². The summed E-state index contributed by atoms with van der Waals surface area (Å²) in [6.07, 6.45) is 7.22. The van der Waals surface area contributed by atoms with Crippen LogP contribution >= 0.6 is 0 Å². The molecule has 0 spiro atoms. The Morgan fingerprint density at radius 1 is 0.295 bits per heavy atom. The van der Waals surface area contributed by atoms with Crippen molar-refractivity contribution in [3.8, 4) is 101 Å². The van der Waals surface area contributed by atoms with Gasteiger partial charge in [-0.15, -0.1) is 107 Å². The Labute approximate surface area is 708 Å². The van der Waals surface area contributed by atoms with Crippen molar-refractivity contribution in [2.75, 3.05) is 0 Å². The van der Waals surface area contributed by atoms with E-state index < -0.39 is 0 Å². The molecule has 9 aromatic carbocycles. The van der Waals surface area contributed by atoms with E-state index in [0.29, 0.717) is 25.2 Å². The third-order valence-corrected chi connectivity index (χ3v) is 18.3. The van der Waals surface area contributed by atoms with Crippen LogP contribution in [-0.2, 0) is 60.3 Å². The van der Waals surface area contributed by atoms with E-state index >= 15 is 0 Å². The van der Waals surface area contributed by atoms with Crippen molar-refractivity contribution < 1.29 is 91.0 Å². The smallest absolute Gasteiger partial charge is 0.0873 e. The summed E-state index contributed by atoms with van der Waals surface area (Å²) in [6, 6.07) is 82.3. The average molecular weight is 2040 g/mol. The molecule has 6 N–H and O–H groups in total. The average Bonchev–Trinajstić information content (AvgIpc) is 0.801. The number of hydrogen-bond acceptors (Lipinski definition) is 12. The molecule has 0 saturated carbocycles. The maximum atomic E-state index is 9.39. The van der Waals surface area contributed by atoms with Crippen LogP contribution in [0.2, 0.25) is 0 Å². The summed E-state index contributed by atoms with van der Waals surface area (Å²) in [5.74, 6) is 0.987. The molecular formula is C97H113Ir3N6O6-3. The van der Waals surface area contributed by atoms with Gasteiger partial charge in [0.25, 0.3) is 0 Å². The standard InChI is InChI=1S/2C25H21N2.C23H17N2.C9H20O2.C8H18O2.C7H16O2.3Ir/c2*1-17-4-10-20(11-5-17)23-16-26-24(21-12-6-18(2)7-13-21)25(27-23)22-14-8-19(3)9-15-22;1-17-12-14-18(15-13-17)21-16-24-22(19-8-4-2-5-9-19)23(25-21)20-10-6-3-7-11-20;1-6(2)8(10)5-9(11)7(3)4;1-6(2)4-8(10)5-7(3)9;1-3-6(8)5-7(9)4-2;;;/h2*4-12,14-16H,1-3H3;2-8,10-16H,1H3;6-11H,5H2,1-4H3;6-10H,4-5H2,1-3H3;6-9H,3-5H2,1-2H3;;;/q3*-1;;;;;;. The van der Waals surface area contributed by atoms with E-state index in [1.165, 1.54) is 38.9 Å². The number of aryl methyl sites for hydroxylation is 7. The van der Waals surface area contributed by atoms with Crippen LogP contribution in [0.5, 0.6) is 0 Å². The molecule has 6 unspecified atom stereocenters. The van der Waals surface area contributed by atoms with Gasteiger partial charge in [0.15, 0.2) is 0 Å². The quantitative estimate of drug-likeness (QED) is 0.0373. The number of benzene rings is 9. The van der Waals surface area contributed by atoms with Gasteiger partial charge >= 0.3 is 0 Å². The van der Waals surface area contributed by atoms with Gasteiger partial charge in [0.1, 0.15) is 0 Å². The predicted octanol–water partition coefficient (Wildman–Crippen LogP) is 21.5. The van der Waals surface area contributed by atoms with Gasteiger partial charge < -0.3 is 45.6 Å². The van der Waals surface area contributed by atoms with Crippen molar-refractivity contribution in [1.82, 2.24) is 29.9 Å². The first kappa shape index (κ1) is 96.3. The molecule has 0 aliphatic carbocycles. The number of aromatic nitrogens is 6. The van der Waals surface area contributed by atoms with Crippen molar-refractivity contribution >= 4 is 0 Å². The monoisotopic (exact) mass is 2040 g/mol. The molecule has 0 amide bonds. The first-order chi connectivity index (χ1) is 52.2. The first-order valence-corrected chi connectivity index (χ1v) is 38.2. The Bertz CT molecular complexity index is 4400. The van der Waals surface area contributed by atoms with E-state index in [-0.39, 0.29) is 109 Å². The number of hydrogen-bond donors (Lipinski definition) is 6. The van der Waals surface area contributed by atoms with Gasteiger partial charge in [0.2, 0.25) is 0 Å². The van der Waals surface area contributed by atoms with Gasteiger partial charge in [-0.05, 0) is 115 Å². The second kappa shape index (κ2) is 49.5. The SMILES string of the molecule is CC(C)C(O)CC(O)C(C)C.CC(C)CC(O)CC(C)O.CCC(O)CC(O)CC.Cc1c[c-]c(-c2ncc(-c3ccc(C)cc3)nc2-c2ccc(C)cc2)cc1.Cc1c[c-]c(-c2ncc(-c3ccc(C)cc3)nc2-c2ccc(C)cc2)cc1.Cc1ccc(-c2cnc(-c3[c-]cccc3)c(-c3ccccc3)n2)cc1.[Ir].[Ir].[Ir]. The molecule has 12 nitrogen and oxygen atoms in total. The van der Waals surface area contributed by atoms with Crippen LogP contribution in [0.25, 0.3) is 101 Å². The zero-order chi connectivity index (χ0) is 79.1. The molecule has 0 saturated heterocycles. The van der Waals surface area contributed by atoms with Gasteiger partial charge in [-0.2, -0.15) is 0 Å². The minimum Gasteiger partial charge on any atom is -0.393 e. The molecular weight excluding hydrogens is 1920 g/mol. The van der Waals surface area contributed by atoms with E-state index in [9.17, 15) is 15.3 Å². The molecule has 0 aliphatic heterocycles. The molecule has 112 heavy (non-hydrogen) atoms. The van der Waals surface area contributed by atoms with Crippen molar-refractivity contribution in [3.05, 3.63) is 288 Å². The normalized spacial score (nSPS) is 12.2. The van der Waals surface area contributed by atoms with Crippen LogP contribution in [0.1, 0.15) is 140 Å². The summed E-state index contributed by atoms with van der Waals surface area (Å²) < 4.78 is 0. The topological polar surface area (TPSA) is 199 Å². The minimum absolute atomic E-state index is 0. The molecule has 15 heteroatoms. The van der Waals surface area contributed by atoms with Crippen molar-refractivity contribution in [1.29, 1.82) is 0 Å². The summed E-state index contributed by atoms with van der Waals surface area (Å²) in [7, 11) is 0. The Balaban J connectivity index is 0.000000297. The molecule has 12 aromatic rings. The Morgan fingerprint density at radius 3 is 0.875 bits per heavy atom. The molecule has 6 atom stereocenters. The van der Waals surface area contributed by atoms with Gasteiger partial charge in [0, 0.05) is 113 Å². The fourth-order valence-corrected chi connectivity index (χ4v) is 11.3. The first-order valence-electron chi connectivity index (χ1n) is 38.2. The van der Waals surface area contributed by atoms with Crippen molar-refractivity contribution in [3.63, 3.8) is 0 Å². The number of aliphatic hydroxyl groups is 6. The Hall–Kier alpha value is -8.07. The van der Waals surface area contributed by atoms with Crippen molar-refractivity contribution in [2.24, 2.45) is 17.8 Å². The summed E-state index contributed by atoms with van der Waals surface area (Å²) >= 11 is 0. The zero-order valence-electron chi connectivity index (χ0n) is 67.7. The van der Waals surface area contributed by atoms with Crippen LogP contribution in [-0.4, -0.2) is 97.2 Å². The van der Waals surface area contributed by atoms with E-state index in [4.69, 9.17) is 45.2 Å². The van der Waals surface area contributed by atoms with Gasteiger partial charge in [-0.3, -0.25) is 15.0 Å². The fraction of sp³-hybridized carbons (Fsp3) is 0.320. The Morgan fingerprint density at radius 2 is 0.598 bits per heavy atom. The summed E-state index contributed by atoms with van der Waals surface area (Å²) in [5, 5.41) is 54.9. The van der Waals surface area contributed by atoms with Gasteiger partial charge in [-0.1, -0.05) is 249 Å². The van der Waals surface area contributed by atoms with Crippen molar-refractivity contribution in [2.45, 2.75) is 186 Å². The second-order valence-electron chi connectivity index (χ2n) is 29.5. The van der Waals surface area contributed by atoms with Crippen LogP contribution in [0.4, 0.5) is 0 Å². The summed E-state index contributed by atoms with van der Waals surface area (Å²) in [4.78, 5) is 29.2. The zero-order valence-corrected chi connectivity index (χ0v) is 74.9. The van der Waals surface area contributed by atoms with Crippen LogP contribution in [0.3, 0.4) is 0 Å². The third-order valence-electron chi connectivity index (χ3n) is 18.3. The van der Waals surface area contributed by atoms with Crippen LogP contribution in [0, 0.1) is 84.4 Å². The van der Waals surface area contributed by atoms with E-state index in [0.717, 1.165) is 121 Å². The number of rotatable bonds is 21. The maximum Gasteiger partial charge on any atom is 0.0873 e. The van der Waals surface area contributed by atoms with Gasteiger partial charge in [0.05, 0.1) is 70.8 Å². The summed E-state index contributed by atoms with van der Waals surface area (Å²) in [6.45, 7) is 32.0. The molecule has 3 radical (unpaired) electrons. The van der Waals surface area contributed by atoms with E-state index in [2.05, 4.69) is 238 Å². The molecule has 0 aliphatic rings. The predicted molar refractivity (Wildman–Crippen MR) is 450 cm³/mol. The molecule has 12 rings (SSSR count). The van der Waals surface area contributed by atoms with Crippen LogP contribution in [0.15, 0.2) is 231 Å².